The van der Waals surface area contributed by atoms with E-state index in [0.29, 0.717) is 17.5 Å². The lowest BCUT2D eigenvalue weighted by molar-refractivity contribution is 0.770. The molecule has 0 aliphatic heterocycles. The number of allylic oxidation sites excluding steroid dienone is 6. The van der Waals surface area contributed by atoms with E-state index in [1.807, 2.05) is 24.3 Å². The van der Waals surface area contributed by atoms with Crippen LogP contribution >= 0.6 is 0 Å². The normalized spacial score (nSPS) is 17.5. The molecule has 7 aromatic carbocycles. The summed E-state index contributed by atoms with van der Waals surface area (Å²) in [5.74, 6) is 2.07. The van der Waals surface area contributed by atoms with Crippen molar-refractivity contribution in [1.82, 2.24) is 15.0 Å². The van der Waals surface area contributed by atoms with Crippen LogP contribution in [0.5, 0.6) is 0 Å². The summed E-state index contributed by atoms with van der Waals surface area (Å²) >= 11 is 0. The second-order valence-corrected chi connectivity index (χ2v) is 15.9. The molecule has 0 fully saturated rings. The van der Waals surface area contributed by atoms with Gasteiger partial charge in [0, 0.05) is 22.6 Å². The molecular weight excluding hydrogens is 727 g/mol. The molecule has 3 aliphatic rings. The van der Waals surface area contributed by atoms with Crippen LogP contribution in [0.3, 0.4) is 0 Å². The maximum absolute atomic E-state index is 5.16. The Labute approximate surface area is 350 Å². The molecule has 1 atom stereocenters. The Morgan fingerprint density at radius 1 is 0.467 bits per heavy atom. The maximum Gasteiger partial charge on any atom is 0.164 e. The lowest BCUT2D eigenvalue weighted by Gasteiger charge is -2.34. The molecule has 1 aromatic heterocycles. The van der Waals surface area contributed by atoms with E-state index in [-0.39, 0.29) is 5.92 Å². The van der Waals surface area contributed by atoms with Crippen LogP contribution in [0.2, 0.25) is 0 Å². The van der Waals surface area contributed by atoms with E-state index in [2.05, 4.69) is 196 Å². The zero-order valence-electron chi connectivity index (χ0n) is 33.5. The van der Waals surface area contributed by atoms with Gasteiger partial charge >= 0.3 is 0 Å². The topological polar surface area (TPSA) is 38.7 Å². The maximum atomic E-state index is 5.16. The van der Waals surface area contributed by atoms with Gasteiger partial charge in [0.1, 0.15) is 0 Å². The van der Waals surface area contributed by atoms with Crippen LogP contribution in [0, 0.1) is 5.92 Å². The molecule has 0 N–H and O–H groups in total. The second-order valence-electron chi connectivity index (χ2n) is 15.9. The number of aromatic nitrogens is 3. The highest BCUT2D eigenvalue weighted by molar-refractivity contribution is 6.02. The molecule has 0 radical (unpaired) electrons. The molecule has 60 heavy (non-hydrogen) atoms. The lowest BCUT2D eigenvalue weighted by Crippen LogP contribution is -2.32. The fraction of sp³-hybridized carbons (Fsp3) is 0.0702. The first kappa shape index (κ1) is 35.7. The number of benzene rings is 7. The van der Waals surface area contributed by atoms with E-state index in [0.717, 1.165) is 27.8 Å². The van der Waals surface area contributed by atoms with Crippen molar-refractivity contribution in [1.29, 1.82) is 0 Å². The van der Waals surface area contributed by atoms with Gasteiger partial charge in [-0.05, 0) is 90.7 Å². The van der Waals surface area contributed by atoms with Gasteiger partial charge in [-0.1, -0.05) is 201 Å². The summed E-state index contributed by atoms with van der Waals surface area (Å²) in [6, 6.07) is 62.9. The average molecular weight is 768 g/mol. The molecule has 8 aromatic rings. The van der Waals surface area contributed by atoms with Crippen molar-refractivity contribution >= 4 is 17.7 Å². The van der Waals surface area contributed by atoms with Gasteiger partial charge in [-0.25, -0.2) is 15.0 Å². The summed E-state index contributed by atoms with van der Waals surface area (Å²) in [6.07, 6.45) is 11.5. The molecule has 1 spiro atoms. The molecule has 0 bridgehead atoms. The van der Waals surface area contributed by atoms with Crippen LogP contribution < -0.4 is 10.4 Å². The molecule has 0 amide bonds. The minimum absolute atomic E-state index is 0.123. The van der Waals surface area contributed by atoms with Crippen LogP contribution in [0.1, 0.15) is 36.1 Å². The minimum Gasteiger partial charge on any atom is -0.208 e. The third kappa shape index (κ3) is 5.61. The van der Waals surface area contributed by atoms with E-state index >= 15 is 0 Å². The minimum atomic E-state index is -0.449. The van der Waals surface area contributed by atoms with E-state index in [1.165, 1.54) is 60.5 Å². The van der Waals surface area contributed by atoms with Crippen LogP contribution in [-0.2, 0) is 5.41 Å². The fourth-order valence-electron chi connectivity index (χ4n) is 9.81. The first-order chi connectivity index (χ1) is 29.6. The summed E-state index contributed by atoms with van der Waals surface area (Å²) in [4.78, 5) is 15.3. The van der Waals surface area contributed by atoms with Crippen molar-refractivity contribution in [3.8, 4) is 56.4 Å². The van der Waals surface area contributed by atoms with E-state index in [9.17, 15) is 0 Å². The van der Waals surface area contributed by atoms with Crippen molar-refractivity contribution in [2.75, 3.05) is 0 Å². The third-order valence-corrected chi connectivity index (χ3v) is 12.4. The summed E-state index contributed by atoms with van der Waals surface area (Å²) in [5.41, 5.74) is 16.6. The Morgan fingerprint density at radius 2 is 0.983 bits per heavy atom. The van der Waals surface area contributed by atoms with Gasteiger partial charge in [-0.3, -0.25) is 0 Å². The Morgan fingerprint density at radius 3 is 1.63 bits per heavy atom. The van der Waals surface area contributed by atoms with Gasteiger partial charge < -0.3 is 0 Å². The highest BCUT2D eigenvalue weighted by atomic mass is 15.0. The molecule has 3 nitrogen and oxygen atoms in total. The largest absolute Gasteiger partial charge is 0.208 e. The highest BCUT2D eigenvalue weighted by Crippen LogP contribution is 2.64. The first-order valence-electron chi connectivity index (χ1n) is 20.8. The number of hydrogen-bond donors (Lipinski definition) is 0. The summed E-state index contributed by atoms with van der Waals surface area (Å²) in [7, 11) is 0. The molecular formula is C57H41N3. The monoisotopic (exact) mass is 767 g/mol. The Kier molecular flexibility index (Phi) is 8.56. The fourth-order valence-corrected chi connectivity index (χ4v) is 9.81. The number of nitrogens with zero attached hydrogens (tertiary/aromatic N) is 3. The van der Waals surface area contributed by atoms with Crippen molar-refractivity contribution in [2.24, 2.45) is 5.92 Å². The average Bonchev–Trinajstić information content (AvgIpc) is 3.77. The van der Waals surface area contributed by atoms with Gasteiger partial charge in [-0.15, -0.1) is 0 Å². The standard InChI is InChI=1S/C57H41N3/c1-3-4-24-48-47-27-13-16-30-52(47)57(50-28-14-11-25-45(50)46-26-12-15-29-51(46)57)53(48)49-36-41-31-32-43(35-44(41)33-37(49)2)56-59-54(39-20-9-6-10-21-39)58-55(60-56)42-23-17-22-40(34-42)38-18-7-5-8-19-38/h3-37H,1-2H3/b4-3-,48-24+,53-49-. The van der Waals surface area contributed by atoms with Gasteiger partial charge in [0.05, 0.1) is 5.41 Å². The quantitative estimate of drug-likeness (QED) is 0.175. The number of hydrogen-bond acceptors (Lipinski definition) is 3. The zero-order chi connectivity index (χ0) is 40.2. The van der Waals surface area contributed by atoms with Crippen LogP contribution in [0.25, 0.3) is 74.1 Å². The molecule has 3 aliphatic carbocycles. The van der Waals surface area contributed by atoms with Crippen LogP contribution in [-0.4, -0.2) is 15.0 Å². The van der Waals surface area contributed by atoms with Crippen molar-refractivity contribution in [3.05, 3.63) is 238 Å². The molecule has 0 saturated heterocycles. The van der Waals surface area contributed by atoms with Crippen LogP contribution in [0.15, 0.2) is 205 Å². The van der Waals surface area contributed by atoms with Gasteiger partial charge in [0.15, 0.2) is 17.5 Å². The molecule has 1 heterocycles. The Bertz CT molecular complexity index is 3180. The number of fused-ring (bicyclic) bond motifs is 8. The van der Waals surface area contributed by atoms with Crippen LogP contribution in [0.4, 0.5) is 0 Å². The zero-order valence-corrected chi connectivity index (χ0v) is 33.5. The third-order valence-electron chi connectivity index (χ3n) is 12.4. The SMILES string of the molecule is C\C=C/C=C1/C(=C2\C=c3ccc(-c4nc(-c5ccccc5)nc(-c5cccc(-c6ccccc6)c5)n4)cc3=CC2C)C2(c3ccccc31)c1ccccc1-c1ccccc12. The summed E-state index contributed by atoms with van der Waals surface area (Å²) in [5, 5.41) is 2.36. The van der Waals surface area contributed by atoms with E-state index < -0.39 is 5.41 Å². The summed E-state index contributed by atoms with van der Waals surface area (Å²) < 4.78 is 0. The Balaban J connectivity index is 1.10. The van der Waals surface area contributed by atoms with E-state index in [4.69, 9.17) is 15.0 Å². The number of rotatable bonds is 5. The van der Waals surface area contributed by atoms with Gasteiger partial charge in [0.2, 0.25) is 0 Å². The predicted octanol–water partition coefficient (Wildman–Crippen LogP) is 12.0. The predicted molar refractivity (Wildman–Crippen MR) is 247 cm³/mol. The molecule has 11 rings (SSSR count). The van der Waals surface area contributed by atoms with E-state index in [1.54, 1.807) is 0 Å². The highest BCUT2D eigenvalue weighted by Gasteiger charge is 2.54. The van der Waals surface area contributed by atoms with Crippen molar-refractivity contribution < 1.29 is 0 Å². The smallest absolute Gasteiger partial charge is 0.164 e. The second kappa shape index (κ2) is 14.4. The first-order valence-corrected chi connectivity index (χ1v) is 20.8. The molecule has 0 saturated carbocycles. The summed E-state index contributed by atoms with van der Waals surface area (Å²) in [6.45, 7) is 4.44. The van der Waals surface area contributed by atoms with Crippen molar-refractivity contribution in [3.63, 3.8) is 0 Å². The van der Waals surface area contributed by atoms with Gasteiger partial charge in [-0.2, -0.15) is 0 Å². The lowest BCUT2D eigenvalue weighted by atomic mass is 9.67. The van der Waals surface area contributed by atoms with Gasteiger partial charge in [0.25, 0.3) is 0 Å². The molecule has 1 unspecified atom stereocenters. The molecule has 284 valence electrons. The van der Waals surface area contributed by atoms with Crippen molar-refractivity contribution in [2.45, 2.75) is 19.3 Å². The molecule has 3 heteroatoms. The Hall–Kier alpha value is -7.49.